The van der Waals surface area contributed by atoms with Gasteiger partial charge < -0.3 is 10.1 Å². The molecule has 0 bridgehead atoms. The van der Waals surface area contributed by atoms with E-state index in [1.165, 1.54) is 4.88 Å². The lowest BCUT2D eigenvalue weighted by Gasteiger charge is -2.36. The molecule has 2 rings (SSSR count). The number of thiophene rings is 1. The van der Waals surface area contributed by atoms with Crippen LogP contribution in [0.3, 0.4) is 0 Å². The van der Waals surface area contributed by atoms with E-state index >= 15 is 0 Å². The zero-order valence-electron chi connectivity index (χ0n) is 16.3. The van der Waals surface area contributed by atoms with Gasteiger partial charge in [-0.2, -0.15) is 0 Å². The van der Waals surface area contributed by atoms with E-state index in [1.54, 1.807) is 11.3 Å². The van der Waals surface area contributed by atoms with Crippen LogP contribution in [0.4, 0.5) is 5.00 Å². The van der Waals surface area contributed by atoms with Crippen molar-refractivity contribution < 1.29 is 14.3 Å². The summed E-state index contributed by atoms with van der Waals surface area (Å²) in [6, 6.07) is 0. The van der Waals surface area contributed by atoms with Gasteiger partial charge in [-0.15, -0.1) is 11.3 Å². The molecule has 1 atom stereocenters. The maximum absolute atomic E-state index is 12.5. The highest BCUT2D eigenvalue weighted by atomic mass is 32.1. The second-order valence-electron chi connectivity index (χ2n) is 7.85. The smallest absolute Gasteiger partial charge is 0.341 e. The maximum Gasteiger partial charge on any atom is 0.341 e. The van der Waals surface area contributed by atoms with Crippen LogP contribution in [0.1, 0.15) is 75.2 Å². The lowest BCUT2D eigenvalue weighted by atomic mass is 9.69. The number of hydrogen-bond acceptors (Lipinski definition) is 4. The van der Waals surface area contributed by atoms with Gasteiger partial charge in [0.25, 0.3) is 0 Å². The zero-order valence-corrected chi connectivity index (χ0v) is 17.1. The molecule has 1 aliphatic rings. The molecule has 0 spiro atoms. The van der Waals surface area contributed by atoms with Crippen molar-refractivity contribution in [1.29, 1.82) is 0 Å². The summed E-state index contributed by atoms with van der Waals surface area (Å²) in [6.07, 6.45) is 4.07. The van der Waals surface area contributed by atoms with Crippen LogP contribution in [0, 0.1) is 17.3 Å². The summed E-state index contributed by atoms with van der Waals surface area (Å²) in [6.45, 7) is 12.7. The number of carbonyl (C=O) groups excluding carboxylic acids is 2. The van der Waals surface area contributed by atoms with Crippen LogP contribution in [0.15, 0.2) is 0 Å². The number of nitrogens with one attached hydrogen (secondary N) is 1. The minimum atomic E-state index is -0.313. The Labute approximate surface area is 155 Å². The monoisotopic (exact) mass is 365 g/mol. The number of fused-ring (bicyclic) bond motifs is 1. The molecular formula is C20H31NO3S. The first-order valence-corrected chi connectivity index (χ1v) is 10.1. The topological polar surface area (TPSA) is 55.4 Å². The highest BCUT2D eigenvalue weighted by Gasteiger charge is 2.35. The number of esters is 1. The van der Waals surface area contributed by atoms with Gasteiger partial charge in [0.2, 0.25) is 5.91 Å². The molecule has 0 fully saturated rings. The SMILES string of the molecule is CCOC(=O)c1c(NC(=O)C(C)C)sc2c1CC[C@@H](C(C)(C)CC)C2. The standard InChI is InChI=1S/C20H31NO3S/c1-7-20(5,6)13-9-10-14-15(11-13)25-18(21-17(22)12(3)4)16(14)19(23)24-8-2/h12-13H,7-11H2,1-6H3,(H,21,22)/t13-/m1/s1. The third-order valence-electron chi connectivity index (χ3n) is 5.52. The summed E-state index contributed by atoms with van der Waals surface area (Å²) in [4.78, 5) is 25.9. The van der Waals surface area contributed by atoms with E-state index in [-0.39, 0.29) is 23.2 Å². The summed E-state index contributed by atoms with van der Waals surface area (Å²) in [5.74, 6) is 0.107. The molecule has 0 saturated carbocycles. The molecule has 0 aromatic carbocycles. The molecule has 140 valence electrons. The van der Waals surface area contributed by atoms with Crippen LogP contribution in [0.2, 0.25) is 0 Å². The van der Waals surface area contributed by atoms with E-state index in [9.17, 15) is 9.59 Å². The molecule has 1 aromatic heterocycles. The van der Waals surface area contributed by atoms with Crippen LogP contribution < -0.4 is 5.32 Å². The minimum Gasteiger partial charge on any atom is -0.462 e. The van der Waals surface area contributed by atoms with Crippen molar-refractivity contribution in [2.24, 2.45) is 17.3 Å². The molecule has 0 radical (unpaired) electrons. The predicted octanol–water partition coefficient (Wildman–Crippen LogP) is 5.06. The molecule has 1 aromatic rings. The van der Waals surface area contributed by atoms with Crippen molar-refractivity contribution in [2.45, 2.75) is 67.2 Å². The van der Waals surface area contributed by atoms with Gasteiger partial charge in [-0.05, 0) is 43.1 Å². The molecule has 5 heteroatoms. The zero-order chi connectivity index (χ0) is 18.8. The van der Waals surface area contributed by atoms with Crippen molar-refractivity contribution in [3.05, 3.63) is 16.0 Å². The lowest BCUT2D eigenvalue weighted by molar-refractivity contribution is -0.118. The van der Waals surface area contributed by atoms with E-state index in [2.05, 4.69) is 26.1 Å². The van der Waals surface area contributed by atoms with Gasteiger partial charge in [-0.25, -0.2) is 4.79 Å². The number of ether oxygens (including phenoxy) is 1. The van der Waals surface area contributed by atoms with Gasteiger partial charge in [0, 0.05) is 10.8 Å². The van der Waals surface area contributed by atoms with Crippen LogP contribution in [0.25, 0.3) is 0 Å². The molecule has 1 heterocycles. The predicted molar refractivity (Wildman–Crippen MR) is 103 cm³/mol. The fourth-order valence-electron chi connectivity index (χ4n) is 3.31. The van der Waals surface area contributed by atoms with Gasteiger partial charge in [-0.3, -0.25) is 4.79 Å². The van der Waals surface area contributed by atoms with Crippen molar-refractivity contribution in [2.75, 3.05) is 11.9 Å². The molecule has 0 aliphatic heterocycles. The number of rotatable bonds is 6. The summed E-state index contributed by atoms with van der Waals surface area (Å²) in [7, 11) is 0. The maximum atomic E-state index is 12.5. The Bertz CT molecular complexity index is 646. The first kappa shape index (κ1) is 20.0. The average molecular weight is 366 g/mol. The lowest BCUT2D eigenvalue weighted by Crippen LogP contribution is -2.28. The number of carbonyl (C=O) groups is 2. The molecule has 0 saturated heterocycles. The van der Waals surface area contributed by atoms with Gasteiger partial charge in [-0.1, -0.05) is 41.0 Å². The molecule has 1 aliphatic carbocycles. The Morgan fingerprint density at radius 3 is 2.56 bits per heavy atom. The highest BCUT2D eigenvalue weighted by molar-refractivity contribution is 7.17. The van der Waals surface area contributed by atoms with Gasteiger partial charge in [0.1, 0.15) is 5.00 Å². The summed E-state index contributed by atoms with van der Waals surface area (Å²) in [5.41, 5.74) is 1.96. The Kier molecular flexibility index (Phi) is 6.30. The Morgan fingerprint density at radius 1 is 1.32 bits per heavy atom. The molecule has 1 amide bonds. The van der Waals surface area contributed by atoms with E-state index in [1.807, 2.05) is 20.8 Å². The van der Waals surface area contributed by atoms with E-state index in [4.69, 9.17) is 4.74 Å². The van der Waals surface area contributed by atoms with E-state index in [0.717, 1.165) is 31.2 Å². The summed E-state index contributed by atoms with van der Waals surface area (Å²) < 4.78 is 5.27. The Hall–Kier alpha value is -1.36. The van der Waals surface area contributed by atoms with Crippen molar-refractivity contribution in [3.63, 3.8) is 0 Å². The van der Waals surface area contributed by atoms with Crippen LogP contribution in [-0.4, -0.2) is 18.5 Å². The van der Waals surface area contributed by atoms with E-state index in [0.29, 0.717) is 23.1 Å². The second kappa shape index (κ2) is 7.90. The Morgan fingerprint density at radius 2 is 2.00 bits per heavy atom. The summed E-state index contributed by atoms with van der Waals surface area (Å²) in [5, 5.41) is 3.62. The van der Waals surface area contributed by atoms with Crippen LogP contribution in [-0.2, 0) is 22.4 Å². The molecule has 0 unspecified atom stereocenters. The van der Waals surface area contributed by atoms with Gasteiger partial charge >= 0.3 is 5.97 Å². The fraction of sp³-hybridized carbons (Fsp3) is 0.700. The Balaban J connectivity index is 2.38. The number of amides is 1. The third kappa shape index (κ3) is 4.25. The molecular weight excluding hydrogens is 334 g/mol. The quantitative estimate of drug-likeness (QED) is 0.717. The van der Waals surface area contributed by atoms with Crippen molar-refractivity contribution in [3.8, 4) is 0 Å². The molecule has 4 nitrogen and oxygen atoms in total. The minimum absolute atomic E-state index is 0.0606. The van der Waals surface area contributed by atoms with E-state index < -0.39 is 0 Å². The first-order chi connectivity index (χ1) is 11.7. The number of anilines is 1. The first-order valence-electron chi connectivity index (χ1n) is 9.33. The fourth-order valence-corrected chi connectivity index (χ4v) is 4.62. The second-order valence-corrected chi connectivity index (χ2v) is 8.96. The average Bonchev–Trinajstić information content (AvgIpc) is 2.91. The normalized spacial score (nSPS) is 17.3. The van der Waals surface area contributed by atoms with Gasteiger partial charge in [0.05, 0.1) is 12.2 Å². The highest BCUT2D eigenvalue weighted by Crippen LogP contribution is 2.45. The molecule has 25 heavy (non-hydrogen) atoms. The van der Waals surface area contributed by atoms with Gasteiger partial charge in [0.15, 0.2) is 0 Å². The summed E-state index contributed by atoms with van der Waals surface area (Å²) >= 11 is 1.56. The number of hydrogen-bond donors (Lipinski definition) is 1. The van der Waals surface area contributed by atoms with Crippen molar-refractivity contribution in [1.82, 2.24) is 0 Å². The van der Waals surface area contributed by atoms with Crippen molar-refractivity contribution >= 4 is 28.2 Å². The third-order valence-corrected chi connectivity index (χ3v) is 6.69. The van der Waals surface area contributed by atoms with Crippen LogP contribution >= 0.6 is 11.3 Å². The van der Waals surface area contributed by atoms with Crippen LogP contribution in [0.5, 0.6) is 0 Å². The largest absolute Gasteiger partial charge is 0.462 e. The molecule has 1 N–H and O–H groups in total.